The zero-order valence-electron chi connectivity index (χ0n) is 19.2. The van der Waals surface area contributed by atoms with Crippen LogP contribution in [0.15, 0.2) is 40.9 Å². The minimum Gasteiger partial charge on any atom is -0.458 e. The van der Waals surface area contributed by atoms with Crippen molar-refractivity contribution in [3.05, 3.63) is 46.5 Å². The first-order valence-electron chi connectivity index (χ1n) is 11.8. The molecule has 3 fully saturated rings. The van der Waals surface area contributed by atoms with Gasteiger partial charge in [-0.1, -0.05) is 38.1 Å². The van der Waals surface area contributed by atoms with Crippen molar-refractivity contribution in [2.75, 3.05) is 13.2 Å². The summed E-state index contributed by atoms with van der Waals surface area (Å²) in [6.07, 6.45) is 5.29. The van der Waals surface area contributed by atoms with E-state index in [9.17, 15) is 9.59 Å². The average Bonchev–Trinajstić information content (AvgIpc) is 3.50. The molecule has 1 spiro atoms. The van der Waals surface area contributed by atoms with Gasteiger partial charge in [0.15, 0.2) is 11.6 Å². The molecule has 33 heavy (non-hydrogen) atoms. The fourth-order valence-corrected chi connectivity index (χ4v) is 6.10. The molecule has 0 amide bonds. The fourth-order valence-electron chi connectivity index (χ4n) is 5.40. The molecule has 2 aliphatic carbocycles. The Hall–Kier alpha value is -1.94. The second kappa shape index (κ2) is 10.5. The Morgan fingerprint density at radius 1 is 1.21 bits per heavy atom. The number of Topliss-reactive ketones (excluding diaryl/α,β-unsaturated/α-hetero) is 1. The summed E-state index contributed by atoms with van der Waals surface area (Å²) < 4.78 is 18.5. The summed E-state index contributed by atoms with van der Waals surface area (Å²) in [7, 11) is 0. The molecule has 1 aromatic rings. The van der Waals surface area contributed by atoms with Crippen molar-refractivity contribution in [2.45, 2.75) is 57.8 Å². The number of allylic oxidation sites excluding steroid dienone is 1. The van der Waals surface area contributed by atoms with Gasteiger partial charge >= 0.3 is 5.97 Å². The predicted molar refractivity (Wildman–Crippen MR) is 128 cm³/mol. The van der Waals surface area contributed by atoms with Crippen LogP contribution in [0.25, 0.3) is 0 Å². The lowest BCUT2D eigenvalue weighted by Gasteiger charge is -2.27. The van der Waals surface area contributed by atoms with Crippen LogP contribution in [0.5, 0.6) is 0 Å². The number of ether oxygens (including phenoxy) is 3. The van der Waals surface area contributed by atoms with Gasteiger partial charge < -0.3 is 14.2 Å². The summed E-state index contributed by atoms with van der Waals surface area (Å²) >= 11 is 3.53. The third kappa shape index (κ3) is 5.42. The molecule has 0 bridgehead atoms. The molecular weight excluding hydrogens is 484 g/mol. The highest BCUT2D eigenvalue weighted by atomic mass is 79.9. The lowest BCUT2D eigenvalue weighted by molar-refractivity contribution is -0.157. The van der Waals surface area contributed by atoms with E-state index in [0.717, 1.165) is 25.7 Å². The number of fused-ring (bicyclic) bond motifs is 1. The topological polar surface area (TPSA) is 61.8 Å². The molecule has 5 atom stereocenters. The van der Waals surface area contributed by atoms with Crippen LogP contribution in [-0.2, 0) is 19.0 Å². The lowest BCUT2D eigenvalue weighted by atomic mass is 9.89. The van der Waals surface area contributed by atoms with Gasteiger partial charge in [-0.2, -0.15) is 0 Å². The predicted octanol–water partition coefficient (Wildman–Crippen LogP) is 5.29. The van der Waals surface area contributed by atoms with E-state index in [1.807, 2.05) is 38.1 Å². The minimum atomic E-state index is -0.519. The molecule has 0 radical (unpaired) electrons. The maximum absolute atomic E-state index is 13.0. The maximum Gasteiger partial charge on any atom is 0.338 e. The molecule has 1 aromatic carbocycles. The molecule has 1 unspecified atom stereocenters. The molecule has 0 aromatic heterocycles. The molecule has 4 rings (SSSR count). The van der Waals surface area contributed by atoms with E-state index >= 15 is 0 Å². The minimum absolute atomic E-state index is 0.0260. The smallest absolute Gasteiger partial charge is 0.338 e. The van der Waals surface area contributed by atoms with Crippen molar-refractivity contribution in [1.82, 2.24) is 0 Å². The van der Waals surface area contributed by atoms with Gasteiger partial charge in [0.25, 0.3) is 0 Å². The number of rotatable bonds is 6. The molecule has 1 aliphatic heterocycles. The van der Waals surface area contributed by atoms with Gasteiger partial charge in [-0.25, -0.2) is 4.79 Å². The fraction of sp³-hybridized carbons (Fsp3) is 0.556. The quantitative estimate of drug-likeness (QED) is 0.293. The number of hydrogen-bond donors (Lipinski definition) is 0. The van der Waals surface area contributed by atoms with Crippen molar-refractivity contribution in [1.29, 1.82) is 0 Å². The number of esters is 1. The highest BCUT2D eigenvalue weighted by Gasteiger charge is 2.57. The van der Waals surface area contributed by atoms with Crippen LogP contribution in [0.1, 0.15) is 56.3 Å². The van der Waals surface area contributed by atoms with Crippen molar-refractivity contribution in [3.63, 3.8) is 0 Å². The molecule has 1 heterocycles. The van der Waals surface area contributed by atoms with Crippen molar-refractivity contribution in [2.24, 2.45) is 23.7 Å². The van der Waals surface area contributed by atoms with Crippen molar-refractivity contribution < 1.29 is 23.8 Å². The molecule has 2 saturated carbocycles. The van der Waals surface area contributed by atoms with Crippen LogP contribution < -0.4 is 0 Å². The summed E-state index contributed by atoms with van der Waals surface area (Å²) in [5.74, 6) is 5.54. The first-order valence-corrected chi connectivity index (χ1v) is 12.6. The monoisotopic (exact) mass is 514 g/mol. The van der Waals surface area contributed by atoms with Gasteiger partial charge in [0.1, 0.15) is 6.10 Å². The number of carbonyl (C=O) groups is 2. The highest BCUT2D eigenvalue weighted by Crippen LogP contribution is 2.55. The summed E-state index contributed by atoms with van der Waals surface area (Å²) in [6.45, 7) is 5.13. The molecule has 1 saturated heterocycles. The molecule has 6 heteroatoms. The van der Waals surface area contributed by atoms with Crippen LogP contribution >= 0.6 is 15.9 Å². The Morgan fingerprint density at radius 3 is 2.64 bits per heavy atom. The zero-order chi connectivity index (χ0) is 23.4. The van der Waals surface area contributed by atoms with E-state index in [2.05, 4.69) is 27.8 Å². The molecule has 0 N–H and O–H groups in total. The van der Waals surface area contributed by atoms with Crippen molar-refractivity contribution >= 4 is 27.7 Å². The third-order valence-electron chi connectivity index (χ3n) is 7.00. The van der Waals surface area contributed by atoms with Gasteiger partial charge in [0, 0.05) is 37.5 Å². The second-order valence-electron chi connectivity index (χ2n) is 9.25. The zero-order valence-corrected chi connectivity index (χ0v) is 20.8. The molecule has 5 nitrogen and oxygen atoms in total. The average molecular weight is 515 g/mol. The summed E-state index contributed by atoms with van der Waals surface area (Å²) in [5, 5.41) is 0. The Labute approximate surface area is 204 Å². The number of benzene rings is 1. The van der Waals surface area contributed by atoms with Crippen LogP contribution in [0.2, 0.25) is 0 Å². The Morgan fingerprint density at radius 2 is 1.94 bits per heavy atom. The van der Waals surface area contributed by atoms with Crippen LogP contribution in [0, 0.1) is 35.5 Å². The van der Waals surface area contributed by atoms with Gasteiger partial charge in [-0.05, 0) is 46.3 Å². The van der Waals surface area contributed by atoms with E-state index in [4.69, 9.17) is 14.2 Å². The van der Waals surface area contributed by atoms with E-state index in [-0.39, 0.29) is 35.6 Å². The number of ketones is 1. The first kappa shape index (κ1) is 24.2. The summed E-state index contributed by atoms with van der Waals surface area (Å²) in [5.41, 5.74) is 0.537. The highest BCUT2D eigenvalue weighted by molar-refractivity contribution is 9.12. The largest absolute Gasteiger partial charge is 0.458 e. The normalized spacial score (nSPS) is 28.8. The molecule has 176 valence electrons. The van der Waals surface area contributed by atoms with E-state index in [1.54, 1.807) is 12.1 Å². The Balaban J connectivity index is 1.53. The van der Waals surface area contributed by atoms with E-state index in [0.29, 0.717) is 35.6 Å². The summed E-state index contributed by atoms with van der Waals surface area (Å²) in [6, 6.07) is 9.05. The molecular formula is C27H31BrO5. The third-order valence-corrected chi connectivity index (χ3v) is 7.65. The SMILES string of the molecule is CCC#CCC(C)C(=O)C(Br)=C[C@@H]1[C@H]2CC3(C[C@H]2C[C@H]1OC(=O)c1ccccc1)OCCO3. The first-order chi connectivity index (χ1) is 15.9. The number of hydrogen-bond acceptors (Lipinski definition) is 5. The molecule has 3 aliphatic rings. The van der Waals surface area contributed by atoms with Crippen LogP contribution in [-0.4, -0.2) is 36.9 Å². The van der Waals surface area contributed by atoms with Crippen LogP contribution in [0.4, 0.5) is 0 Å². The van der Waals surface area contributed by atoms with Crippen molar-refractivity contribution in [3.8, 4) is 11.8 Å². The van der Waals surface area contributed by atoms with Gasteiger partial charge in [0.05, 0.1) is 23.3 Å². The van der Waals surface area contributed by atoms with Gasteiger partial charge in [0.2, 0.25) is 0 Å². The van der Waals surface area contributed by atoms with Crippen LogP contribution in [0.3, 0.4) is 0 Å². The standard InChI is InChI=1S/C27H31BrO5/c1-3-4-6-9-18(2)25(29)23(28)15-21-22-17-27(31-12-13-32-27)16-20(22)14-24(21)33-26(30)19-10-7-5-8-11-19/h5,7-8,10-11,15,18,20-22,24H,3,9,12-14,16-17H2,1-2H3/t18?,20-,21-,22+,24-/m1/s1. The van der Waals surface area contributed by atoms with E-state index in [1.165, 1.54) is 0 Å². The van der Waals surface area contributed by atoms with E-state index < -0.39 is 5.79 Å². The summed E-state index contributed by atoms with van der Waals surface area (Å²) in [4.78, 5) is 25.8. The Bertz CT molecular complexity index is 954. The Kier molecular flexibility index (Phi) is 7.73. The number of carbonyl (C=O) groups excluding carboxylic acids is 2. The second-order valence-corrected chi connectivity index (χ2v) is 10.1. The lowest BCUT2D eigenvalue weighted by Crippen LogP contribution is -2.31. The number of halogens is 1. The van der Waals surface area contributed by atoms with Gasteiger partial charge in [-0.3, -0.25) is 4.79 Å². The van der Waals surface area contributed by atoms with Gasteiger partial charge in [-0.15, -0.1) is 11.8 Å². The maximum atomic E-state index is 13.0.